The summed E-state index contributed by atoms with van der Waals surface area (Å²) in [6.07, 6.45) is 6.17. The molecule has 0 radical (unpaired) electrons. The minimum Gasteiger partial charge on any atom is -0.508 e. The Morgan fingerprint density at radius 2 is 2.17 bits per heavy atom. The number of phenols is 1. The van der Waals surface area contributed by atoms with E-state index in [4.69, 9.17) is 0 Å². The second kappa shape index (κ2) is 6.19. The normalized spacial score (nSPS) is 21.1. The van der Waals surface area contributed by atoms with E-state index in [1.165, 1.54) is 38.2 Å². The number of likely N-dealkylation sites (tertiary alicyclic amines) is 1. The Balaban J connectivity index is 2.05. The summed E-state index contributed by atoms with van der Waals surface area (Å²) >= 11 is 0. The van der Waals surface area contributed by atoms with E-state index in [9.17, 15) is 9.50 Å². The molecule has 1 aliphatic rings. The summed E-state index contributed by atoms with van der Waals surface area (Å²) in [5.74, 6) is -0.330. The zero-order chi connectivity index (χ0) is 13.0. The molecular weight excluding hydrogens is 229 g/mol. The maximum Gasteiger partial charge on any atom is 0.127 e. The van der Waals surface area contributed by atoms with Gasteiger partial charge < -0.3 is 5.11 Å². The van der Waals surface area contributed by atoms with Gasteiger partial charge in [0.05, 0.1) is 0 Å². The Hall–Kier alpha value is -1.09. The molecule has 0 aliphatic carbocycles. The maximum atomic E-state index is 13.2. The van der Waals surface area contributed by atoms with E-state index in [-0.39, 0.29) is 11.6 Å². The highest BCUT2D eigenvalue weighted by atomic mass is 19.1. The molecule has 1 fully saturated rings. The fourth-order valence-electron chi connectivity index (χ4n) is 2.89. The standard InChI is InChI=1S/C15H22FNO/c1-2-5-14-6-3-4-7-17(14)11-12-8-13(16)10-15(18)9-12/h8-10,14,18H,2-7,11H2,1H3. The molecule has 1 aliphatic heterocycles. The summed E-state index contributed by atoms with van der Waals surface area (Å²) in [7, 11) is 0. The monoisotopic (exact) mass is 251 g/mol. The maximum absolute atomic E-state index is 13.2. The summed E-state index contributed by atoms with van der Waals surface area (Å²) in [5.41, 5.74) is 0.871. The molecule has 0 saturated carbocycles. The van der Waals surface area contributed by atoms with Gasteiger partial charge in [0.25, 0.3) is 0 Å². The first-order valence-corrected chi connectivity index (χ1v) is 6.91. The Morgan fingerprint density at radius 1 is 1.33 bits per heavy atom. The van der Waals surface area contributed by atoms with Gasteiger partial charge in [-0.25, -0.2) is 4.39 Å². The van der Waals surface area contributed by atoms with Gasteiger partial charge in [-0.3, -0.25) is 4.90 Å². The van der Waals surface area contributed by atoms with Gasteiger partial charge in [-0.05, 0) is 43.5 Å². The summed E-state index contributed by atoms with van der Waals surface area (Å²) in [5, 5.41) is 9.43. The van der Waals surface area contributed by atoms with Gasteiger partial charge in [-0.15, -0.1) is 0 Å². The third-order valence-corrected chi connectivity index (χ3v) is 3.70. The van der Waals surface area contributed by atoms with Crippen LogP contribution in [0.1, 0.15) is 44.6 Å². The Bertz CT molecular complexity index is 372. The van der Waals surface area contributed by atoms with Crippen molar-refractivity contribution in [3.63, 3.8) is 0 Å². The lowest BCUT2D eigenvalue weighted by atomic mass is 9.97. The summed E-state index contributed by atoms with van der Waals surface area (Å²) in [6, 6.07) is 4.97. The van der Waals surface area contributed by atoms with Gasteiger partial charge in [-0.1, -0.05) is 19.8 Å². The first-order valence-electron chi connectivity index (χ1n) is 6.91. The van der Waals surface area contributed by atoms with Gasteiger partial charge in [-0.2, -0.15) is 0 Å². The first-order chi connectivity index (χ1) is 8.69. The van der Waals surface area contributed by atoms with Crippen LogP contribution in [-0.4, -0.2) is 22.6 Å². The summed E-state index contributed by atoms with van der Waals surface area (Å²) < 4.78 is 13.2. The van der Waals surface area contributed by atoms with Crippen LogP contribution in [0.4, 0.5) is 4.39 Å². The van der Waals surface area contributed by atoms with Gasteiger partial charge in [0.1, 0.15) is 11.6 Å². The van der Waals surface area contributed by atoms with Crippen LogP contribution >= 0.6 is 0 Å². The van der Waals surface area contributed by atoms with Crippen molar-refractivity contribution in [1.29, 1.82) is 0 Å². The lowest BCUT2D eigenvalue weighted by molar-refractivity contribution is 0.131. The molecule has 18 heavy (non-hydrogen) atoms. The average Bonchev–Trinajstić information content (AvgIpc) is 2.30. The first kappa shape index (κ1) is 13.3. The lowest BCUT2D eigenvalue weighted by Crippen LogP contribution is -2.38. The molecule has 100 valence electrons. The van der Waals surface area contributed by atoms with Gasteiger partial charge >= 0.3 is 0 Å². The predicted octanol–water partition coefficient (Wildman–Crippen LogP) is 3.69. The molecule has 0 bridgehead atoms. The SMILES string of the molecule is CCCC1CCCCN1Cc1cc(O)cc(F)c1. The molecule has 2 rings (SSSR count). The van der Waals surface area contributed by atoms with E-state index >= 15 is 0 Å². The molecule has 1 saturated heterocycles. The number of halogens is 1. The highest BCUT2D eigenvalue weighted by Crippen LogP contribution is 2.24. The molecule has 3 heteroatoms. The highest BCUT2D eigenvalue weighted by Gasteiger charge is 2.21. The average molecular weight is 251 g/mol. The predicted molar refractivity (Wildman–Crippen MR) is 71.0 cm³/mol. The Labute approximate surface area is 108 Å². The van der Waals surface area contributed by atoms with Crippen molar-refractivity contribution in [3.05, 3.63) is 29.6 Å². The summed E-state index contributed by atoms with van der Waals surface area (Å²) in [4.78, 5) is 2.43. The number of hydrogen-bond donors (Lipinski definition) is 1. The number of rotatable bonds is 4. The fraction of sp³-hybridized carbons (Fsp3) is 0.600. The van der Waals surface area contributed by atoms with E-state index in [0.717, 1.165) is 24.7 Å². The molecule has 1 heterocycles. The van der Waals surface area contributed by atoms with Crippen LogP contribution in [0.2, 0.25) is 0 Å². The van der Waals surface area contributed by atoms with Crippen LogP contribution in [-0.2, 0) is 6.54 Å². The summed E-state index contributed by atoms with van der Waals surface area (Å²) in [6.45, 7) is 4.04. The lowest BCUT2D eigenvalue weighted by Gasteiger charge is -2.35. The highest BCUT2D eigenvalue weighted by molar-refractivity contribution is 5.28. The molecule has 1 aromatic carbocycles. The number of nitrogens with zero attached hydrogens (tertiary/aromatic N) is 1. The minimum atomic E-state index is -0.353. The van der Waals surface area contributed by atoms with Crippen molar-refractivity contribution in [2.24, 2.45) is 0 Å². The van der Waals surface area contributed by atoms with Crippen molar-refractivity contribution in [3.8, 4) is 5.75 Å². The van der Waals surface area contributed by atoms with Crippen molar-refractivity contribution < 1.29 is 9.50 Å². The molecule has 0 aromatic heterocycles. The molecule has 0 spiro atoms. The molecule has 1 aromatic rings. The van der Waals surface area contributed by atoms with Crippen molar-refractivity contribution in [1.82, 2.24) is 4.90 Å². The van der Waals surface area contributed by atoms with Crippen LogP contribution in [0, 0.1) is 5.82 Å². The molecule has 1 atom stereocenters. The van der Waals surface area contributed by atoms with Gasteiger partial charge in [0.2, 0.25) is 0 Å². The molecule has 1 N–H and O–H groups in total. The van der Waals surface area contributed by atoms with Crippen LogP contribution in [0.5, 0.6) is 5.75 Å². The largest absolute Gasteiger partial charge is 0.508 e. The number of phenolic OH excluding ortho intramolecular Hbond substituents is 1. The third kappa shape index (κ3) is 3.45. The number of benzene rings is 1. The van der Waals surface area contributed by atoms with Gasteiger partial charge in [0, 0.05) is 18.7 Å². The van der Waals surface area contributed by atoms with Crippen molar-refractivity contribution in [2.45, 2.75) is 51.6 Å². The zero-order valence-corrected chi connectivity index (χ0v) is 11.0. The minimum absolute atomic E-state index is 0.0223. The van der Waals surface area contributed by atoms with Gasteiger partial charge in [0.15, 0.2) is 0 Å². The molecule has 0 amide bonds. The van der Waals surface area contributed by atoms with E-state index in [1.807, 2.05) is 0 Å². The van der Waals surface area contributed by atoms with E-state index in [2.05, 4.69) is 11.8 Å². The van der Waals surface area contributed by atoms with E-state index in [1.54, 1.807) is 6.07 Å². The van der Waals surface area contributed by atoms with E-state index < -0.39 is 0 Å². The van der Waals surface area contributed by atoms with Crippen LogP contribution < -0.4 is 0 Å². The third-order valence-electron chi connectivity index (χ3n) is 3.70. The second-order valence-corrected chi connectivity index (χ2v) is 5.23. The Morgan fingerprint density at radius 3 is 2.89 bits per heavy atom. The van der Waals surface area contributed by atoms with Crippen LogP contribution in [0.15, 0.2) is 18.2 Å². The van der Waals surface area contributed by atoms with Crippen LogP contribution in [0.3, 0.4) is 0 Å². The van der Waals surface area contributed by atoms with Crippen LogP contribution in [0.25, 0.3) is 0 Å². The molecule has 1 unspecified atom stereocenters. The molecule has 2 nitrogen and oxygen atoms in total. The smallest absolute Gasteiger partial charge is 0.127 e. The van der Waals surface area contributed by atoms with E-state index in [0.29, 0.717) is 6.04 Å². The van der Waals surface area contributed by atoms with Crippen molar-refractivity contribution >= 4 is 0 Å². The molecular formula is C15H22FNO. The number of piperidine rings is 1. The quantitative estimate of drug-likeness (QED) is 0.882. The van der Waals surface area contributed by atoms with Crippen molar-refractivity contribution in [2.75, 3.05) is 6.54 Å². The topological polar surface area (TPSA) is 23.5 Å². The number of aromatic hydroxyl groups is 1. The Kier molecular flexibility index (Phi) is 4.59. The number of hydrogen-bond acceptors (Lipinski definition) is 2. The zero-order valence-electron chi connectivity index (χ0n) is 11.0. The second-order valence-electron chi connectivity index (χ2n) is 5.23. The fourth-order valence-corrected chi connectivity index (χ4v) is 2.89.